The fraction of sp³-hybridized carbons (Fsp3) is 0.304. The van der Waals surface area contributed by atoms with Gasteiger partial charge in [-0.25, -0.2) is 0 Å². The van der Waals surface area contributed by atoms with E-state index in [9.17, 15) is 14.9 Å². The number of nitrogens with zero attached hydrogens (tertiary/aromatic N) is 3. The number of hydrogen-bond donors (Lipinski definition) is 1. The molecule has 0 aliphatic carbocycles. The number of pyridine rings is 1. The van der Waals surface area contributed by atoms with Crippen LogP contribution in [0.25, 0.3) is 21.3 Å². The molecule has 150 valence electrons. The maximum atomic E-state index is 12.2. The van der Waals surface area contributed by atoms with Crippen molar-refractivity contribution in [3.63, 3.8) is 0 Å². The summed E-state index contributed by atoms with van der Waals surface area (Å²) in [7, 11) is 0. The van der Waals surface area contributed by atoms with E-state index < -0.39 is 0 Å². The van der Waals surface area contributed by atoms with Crippen molar-refractivity contribution in [1.82, 2.24) is 9.88 Å². The highest BCUT2D eigenvalue weighted by molar-refractivity contribution is 7.19. The highest BCUT2D eigenvalue weighted by atomic mass is 32.1. The van der Waals surface area contributed by atoms with Gasteiger partial charge >= 0.3 is 0 Å². The molecule has 0 bridgehead atoms. The van der Waals surface area contributed by atoms with Crippen LogP contribution in [-0.2, 0) is 16.0 Å². The molecule has 7 heteroatoms. The zero-order chi connectivity index (χ0) is 20.8. The molecule has 1 atom stereocenters. The van der Waals surface area contributed by atoms with Crippen LogP contribution in [0.15, 0.2) is 30.5 Å². The Morgan fingerprint density at radius 3 is 2.73 bits per heavy atom. The lowest BCUT2D eigenvalue weighted by atomic mass is 9.93. The lowest BCUT2D eigenvalue weighted by Crippen LogP contribution is -2.31. The molecule has 2 amide bonds. The number of aromatic nitrogens is 1. The number of thiophene rings is 1. The predicted molar refractivity (Wildman–Crippen MR) is 116 cm³/mol. The van der Waals surface area contributed by atoms with E-state index in [0.717, 1.165) is 51.3 Å². The van der Waals surface area contributed by atoms with E-state index in [1.54, 1.807) is 17.5 Å². The first-order valence-corrected chi connectivity index (χ1v) is 10.9. The second-order valence-electron chi connectivity index (χ2n) is 7.76. The lowest BCUT2D eigenvalue weighted by Gasteiger charge is -2.22. The molecule has 1 aromatic carbocycles. The van der Waals surface area contributed by atoms with E-state index in [0.29, 0.717) is 5.56 Å². The molecule has 0 radical (unpaired) electrons. The molecule has 0 spiro atoms. The molecule has 3 aromatic rings. The number of aryl methyl sites for hydroxylation is 1. The summed E-state index contributed by atoms with van der Waals surface area (Å²) in [6, 6.07) is 9.83. The summed E-state index contributed by atoms with van der Waals surface area (Å²) >= 11 is 1.56. The van der Waals surface area contributed by atoms with Crippen LogP contribution in [0.1, 0.15) is 48.2 Å². The molecule has 1 saturated heterocycles. The largest absolute Gasteiger partial charge is 0.384 e. The molecule has 30 heavy (non-hydrogen) atoms. The van der Waals surface area contributed by atoms with Crippen LogP contribution in [0.5, 0.6) is 0 Å². The van der Waals surface area contributed by atoms with E-state index in [2.05, 4.69) is 16.4 Å². The minimum atomic E-state index is -0.308. The Bertz CT molecular complexity index is 1220. The Hall–Kier alpha value is -3.24. The predicted octanol–water partition coefficient (Wildman–Crippen LogP) is 4.40. The van der Waals surface area contributed by atoms with Gasteiger partial charge in [-0.1, -0.05) is 0 Å². The number of nitrogens with one attached hydrogen (secondary N) is 1. The van der Waals surface area contributed by atoms with Crippen molar-refractivity contribution in [2.24, 2.45) is 0 Å². The maximum absolute atomic E-state index is 12.2. The van der Waals surface area contributed by atoms with Crippen LogP contribution >= 0.6 is 11.3 Å². The van der Waals surface area contributed by atoms with Gasteiger partial charge in [0, 0.05) is 47.3 Å². The molecule has 1 fully saturated rings. The molecule has 2 aliphatic heterocycles. The number of carbonyl (C=O) groups excluding carboxylic acids is 2. The van der Waals surface area contributed by atoms with Gasteiger partial charge in [0.25, 0.3) is 0 Å². The molecule has 5 rings (SSSR count). The van der Waals surface area contributed by atoms with Crippen molar-refractivity contribution in [3.8, 4) is 17.2 Å². The highest BCUT2D eigenvalue weighted by Gasteiger charge is 2.34. The zero-order valence-corrected chi connectivity index (χ0v) is 17.4. The number of benzene rings is 1. The van der Waals surface area contributed by atoms with Crippen molar-refractivity contribution in [3.05, 3.63) is 46.5 Å². The number of rotatable bonds is 3. The molecule has 4 heterocycles. The summed E-state index contributed by atoms with van der Waals surface area (Å²) in [5, 5.41) is 13.0. The molecule has 6 nitrogen and oxygen atoms in total. The second kappa shape index (κ2) is 7.22. The van der Waals surface area contributed by atoms with Gasteiger partial charge in [-0.3, -0.25) is 19.5 Å². The number of anilines is 1. The minimum absolute atomic E-state index is 0.113. The molecular weight excluding hydrogens is 396 g/mol. The second-order valence-corrected chi connectivity index (χ2v) is 8.84. The van der Waals surface area contributed by atoms with Crippen molar-refractivity contribution in [2.75, 3.05) is 11.9 Å². The number of likely N-dealkylation sites (tertiary alicyclic amines) is 1. The minimum Gasteiger partial charge on any atom is -0.384 e. The van der Waals surface area contributed by atoms with Gasteiger partial charge in [0.15, 0.2) is 0 Å². The molecule has 1 N–H and O–H groups in total. The lowest BCUT2D eigenvalue weighted by molar-refractivity contribution is -0.140. The van der Waals surface area contributed by atoms with Crippen molar-refractivity contribution >= 4 is 39.1 Å². The van der Waals surface area contributed by atoms with Crippen molar-refractivity contribution in [2.45, 2.75) is 38.6 Å². The monoisotopic (exact) mass is 416 g/mol. The van der Waals surface area contributed by atoms with Gasteiger partial charge in [-0.2, -0.15) is 5.26 Å². The van der Waals surface area contributed by atoms with E-state index in [4.69, 9.17) is 0 Å². The maximum Gasteiger partial charge on any atom is 0.230 e. The van der Waals surface area contributed by atoms with E-state index in [1.807, 2.05) is 31.2 Å². The molecule has 1 unspecified atom stereocenters. The topological polar surface area (TPSA) is 86.1 Å². The standard InChI is InChI=1S/C23H20N4O2S/c1-13(27-20(28)4-5-21(27)29)19-11-18-23(30-19)16(6-8-25-18)17-10-14(12-24)9-15-3-2-7-26-22(15)17/h6,8-11,13,26H,2-5,7H2,1H3. The third-order valence-electron chi connectivity index (χ3n) is 5.88. The molecular formula is C23H20N4O2S. The van der Waals surface area contributed by atoms with Crippen LogP contribution in [0, 0.1) is 11.3 Å². The Morgan fingerprint density at radius 2 is 1.97 bits per heavy atom. The highest BCUT2D eigenvalue weighted by Crippen LogP contribution is 2.42. The average Bonchev–Trinajstić information content (AvgIpc) is 3.35. The summed E-state index contributed by atoms with van der Waals surface area (Å²) in [6.07, 6.45) is 4.35. The van der Waals surface area contributed by atoms with Crippen LogP contribution in [0.4, 0.5) is 5.69 Å². The van der Waals surface area contributed by atoms with E-state index in [1.165, 1.54) is 10.5 Å². The number of carbonyl (C=O) groups is 2. The Balaban J connectivity index is 1.65. The average molecular weight is 417 g/mol. The van der Waals surface area contributed by atoms with E-state index in [-0.39, 0.29) is 30.7 Å². The van der Waals surface area contributed by atoms with Crippen LogP contribution in [0.3, 0.4) is 0 Å². The van der Waals surface area contributed by atoms with E-state index >= 15 is 0 Å². The number of nitriles is 1. The smallest absolute Gasteiger partial charge is 0.230 e. The third-order valence-corrected chi connectivity index (χ3v) is 7.21. The number of amides is 2. The number of fused-ring (bicyclic) bond motifs is 2. The number of hydrogen-bond acceptors (Lipinski definition) is 6. The summed E-state index contributed by atoms with van der Waals surface area (Å²) in [6.45, 7) is 2.80. The molecule has 2 aliphatic rings. The summed E-state index contributed by atoms with van der Waals surface area (Å²) in [5.74, 6) is -0.226. The van der Waals surface area contributed by atoms with Crippen molar-refractivity contribution in [1.29, 1.82) is 5.26 Å². The first kappa shape index (κ1) is 18.8. The fourth-order valence-corrected chi connectivity index (χ4v) is 5.59. The van der Waals surface area contributed by atoms with Gasteiger partial charge in [0.1, 0.15) is 0 Å². The molecule has 0 saturated carbocycles. The van der Waals surface area contributed by atoms with Gasteiger partial charge < -0.3 is 5.32 Å². The zero-order valence-electron chi connectivity index (χ0n) is 16.6. The Morgan fingerprint density at radius 1 is 1.17 bits per heavy atom. The Labute approximate surface area is 178 Å². The first-order valence-electron chi connectivity index (χ1n) is 10.1. The summed E-state index contributed by atoms with van der Waals surface area (Å²) in [4.78, 5) is 31.2. The molecule has 2 aromatic heterocycles. The van der Waals surface area contributed by atoms with Crippen molar-refractivity contribution < 1.29 is 9.59 Å². The fourth-order valence-electron chi connectivity index (χ4n) is 4.40. The number of imide groups is 1. The van der Waals surface area contributed by atoms with Crippen LogP contribution < -0.4 is 5.32 Å². The quantitative estimate of drug-likeness (QED) is 0.640. The SMILES string of the molecule is CC(c1cc2nccc(-c3cc(C#N)cc4c3NCCC4)c2s1)N1C(=O)CCC1=O. The third kappa shape index (κ3) is 2.96. The summed E-state index contributed by atoms with van der Waals surface area (Å²) < 4.78 is 1.00. The van der Waals surface area contributed by atoms with Gasteiger partial charge in [-0.15, -0.1) is 11.3 Å². The van der Waals surface area contributed by atoms with Crippen LogP contribution in [-0.4, -0.2) is 28.2 Å². The first-order chi connectivity index (χ1) is 14.6. The van der Waals surface area contributed by atoms with Crippen LogP contribution in [0.2, 0.25) is 0 Å². The summed E-state index contributed by atoms with van der Waals surface area (Å²) in [5.41, 5.74) is 5.76. The van der Waals surface area contributed by atoms with Gasteiger partial charge in [-0.05, 0) is 49.6 Å². The van der Waals surface area contributed by atoms with Gasteiger partial charge in [0.05, 0.1) is 27.9 Å². The van der Waals surface area contributed by atoms with Gasteiger partial charge in [0.2, 0.25) is 11.8 Å². The normalized spacial score (nSPS) is 17.0. The Kier molecular flexibility index (Phi) is 4.52.